The molecule has 0 radical (unpaired) electrons. The second kappa shape index (κ2) is 7.95. The van der Waals surface area contributed by atoms with Gasteiger partial charge in [-0.1, -0.05) is 44.2 Å². The molecule has 6 nitrogen and oxygen atoms in total. The summed E-state index contributed by atoms with van der Waals surface area (Å²) in [7, 11) is 1.36. The Kier molecular flexibility index (Phi) is 6.16. The predicted octanol–water partition coefficient (Wildman–Crippen LogP) is 3.35. The molecule has 0 amide bonds. The minimum Gasteiger partial charge on any atom is -0.469 e. The lowest BCUT2D eigenvalue weighted by Crippen LogP contribution is -2.66. The maximum atomic E-state index is 11.8. The number of ether oxygens (including phenoxy) is 1. The molecule has 6 heteroatoms. The van der Waals surface area contributed by atoms with E-state index in [1.165, 1.54) is 7.11 Å². The molecule has 25 heavy (non-hydrogen) atoms. The van der Waals surface area contributed by atoms with Gasteiger partial charge in [-0.25, -0.2) is 0 Å². The molecule has 1 aliphatic carbocycles. The molecule has 1 aromatic rings. The fourth-order valence-corrected chi connectivity index (χ4v) is 3.86. The summed E-state index contributed by atoms with van der Waals surface area (Å²) in [6.07, 6.45) is 1.36. The van der Waals surface area contributed by atoms with E-state index in [1.54, 1.807) is 0 Å². The third-order valence-corrected chi connectivity index (χ3v) is 5.15. The fourth-order valence-electron chi connectivity index (χ4n) is 3.86. The highest BCUT2D eigenvalue weighted by Crippen LogP contribution is 2.45. The van der Waals surface area contributed by atoms with Crippen LogP contribution in [-0.4, -0.2) is 29.6 Å². The van der Waals surface area contributed by atoms with Crippen LogP contribution >= 0.6 is 0 Å². The van der Waals surface area contributed by atoms with E-state index in [4.69, 9.17) is 4.74 Å². The minimum atomic E-state index is -0.723. The Morgan fingerprint density at radius 2 is 1.92 bits per heavy atom. The molecule has 2 atom stereocenters. The van der Waals surface area contributed by atoms with E-state index in [1.807, 2.05) is 51.1 Å². The maximum absolute atomic E-state index is 11.8. The summed E-state index contributed by atoms with van der Waals surface area (Å²) < 4.78 is 4.82. The molecule has 1 unspecified atom stereocenters. The Balaban J connectivity index is 2.24. The number of benzene rings is 1. The number of carbonyl (C=O) groups is 1. The summed E-state index contributed by atoms with van der Waals surface area (Å²) in [6.45, 7) is 5.98. The quantitative estimate of drug-likeness (QED) is 0.443. The molecule has 0 aliphatic heterocycles. The number of rotatable bonds is 8. The number of esters is 1. The van der Waals surface area contributed by atoms with Gasteiger partial charge in [0, 0.05) is 17.4 Å². The van der Waals surface area contributed by atoms with E-state index < -0.39 is 11.6 Å². The van der Waals surface area contributed by atoms with Crippen LogP contribution in [-0.2, 0) is 9.53 Å². The van der Waals surface area contributed by atoms with E-state index in [0.29, 0.717) is 19.3 Å². The van der Waals surface area contributed by atoms with Crippen LogP contribution in [0.1, 0.15) is 51.6 Å². The highest BCUT2D eigenvalue weighted by Gasteiger charge is 2.58. The fraction of sp³-hybridized carbons (Fsp3) is 0.632. The van der Waals surface area contributed by atoms with E-state index in [9.17, 15) is 14.9 Å². The van der Waals surface area contributed by atoms with Gasteiger partial charge in [0.2, 0.25) is 6.04 Å². The third kappa shape index (κ3) is 4.37. The van der Waals surface area contributed by atoms with E-state index in [0.717, 1.165) is 5.56 Å². The van der Waals surface area contributed by atoms with Gasteiger partial charge >= 0.3 is 5.97 Å². The standard InChI is InChI=1S/C19H28N2O4/c1-13(2)10-17(21(23)24)19(11-16(12-19)18(22)25-4)20-14(3)15-8-6-5-7-9-15/h5-9,13-14,16-17,20H,10-12H2,1-4H3/t14-,16?,17?,19?/m1/s1. The van der Waals surface area contributed by atoms with Crippen molar-refractivity contribution in [3.8, 4) is 0 Å². The van der Waals surface area contributed by atoms with Gasteiger partial charge in [0.05, 0.1) is 18.6 Å². The Hall–Kier alpha value is -1.95. The zero-order valence-corrected chi connectivity index (χ0v) is 15.4. The molecule has 1 fully saturated rings. The number of methoxy groups -OCH3 is 1. The molecule has 0 aromatic heterocycles. The van der Waals surface area contributed by atoms with Crippen molar-refractivity contribution in [1.29, 1.82) is 0 Å². The highest BCUT2D eigenvalue weighted by atomic mass is 16.6. The van der Waals surface area contributed by atoms with Gasteiger partial charge < -0.3 is 4.74 Å². The number of nitrogens with zero attached hydrogens (tertiary/aromatic N) is 1. The first-order valence-electron chi connectivity index (χ1n) is 8.83. The molecule has 0 saturated heterocycles. The van der Waals surface area contributed by atoms with Crippen LogP contribution in [0.5, 0.6) is 0 Å². The van der Waals surface area contributed by atoms with Crippen molar-refractivity contribution in [3.05, 3.63) is 46.0 Å². The summed E-state index contributed by atoms with van der Waals surface area (Å²) in [5, 5.41) is 15.3. The summed E-state index contributed by atoms with van der Waals surface area (Å²) in [6, 6.07) is 9.11. The van der Waals surface area contributed by atoms with Gasteiger partial charge in [-0.2, -0.15) is 0 Å². The van der Waals surface area contributed by atoms with Crippen molar-refractivity contribution in [2.45, 2.75) is 57.7 Å². The molecule has 1 N–H and O–H groups in total. The largest absolute Gasteiger partial charge is 0.469 e. The lowest BCUT2D eigenvalue weighted by Gasteiger charge is -2.49. The first-order valence-corrected chi connectivity index (χ1v) is 8.83. The van der Waals surface area contributed by atoms with Crippen molar-refractivity contribution in [2.24, 2.45) is 11.8 Å². The highest BCUT2D eigenvalue weighted by molar-refractivity contribution is 5.74. The van der Waals surface area contributed by atoms with Crippen molar-refractivity contribution in [2.75, 3.05) is 7.11 Å². The second-order valence-corrected chi connectivity index (χ2v) is 7.49. The average Bonchev–Trinajstić information content (AvgIpc) is 2.55. The molecule has 1 aromatic carbocycles. The van der Waals surface area contributed by atoms with Gasteiger partial charge in [0.1, 0.15) is 0 Å². The van der Waals surface area contributed by atoms with Gasteiger partial charge in [0.25, 0.3) is 0 Å². The van der Waals surface area contributed by atoms with Crippen LogP contribution in [0.15, 0.2) is 30.3 Å². The van der Waals surface area contributed by atoms with Crippen LogP contribution in [0.3, 0.4) is 0 Å². The first kappa shape index (κ1) is 19.4. The lowest BCUT2D eigenvalue weighted by molar-refractivity contribution is -0.542. The summed E-state index contributed by atoms with van der Waals surface area (Å²) >= 11 is 0. The molecule has 0 spiro atoms. The van der Waals surface area contributed by atoms with Gasteiger partial charge in [0.15, 0.2) is 0 Å². The summed E-state index contributed by atoms with van der Waals surface area (Å²) in [5.41, 5.74) is 0.400. The van der Waals surface area contributed by atoms with Crippen LogP contribution < -0.4 is 5.32 Å². The van der Waals surface area contributed by atoms with Crippen molar-refractivity contribution in [3.63, 3.8) is 0 Å². The van der Waals surface area contributed by atoms with E-state index in [2.05, 4.69) is 5.32 Å². The predicted molar refractivity (Wildman–Crippen MR) is 95.7 cm³/mol. The average molecular weight is 348 g/mol. The minimum absolute atomic E-state index is 0.0330. The molecule has 2 rings (SSSR count). The Morgan fingerprint density at radius 1 is 1.32 bits per heavy atom. The van der Waals surface area contributed by atoms with Gasteiger partial charge in [-0.15, -0.1) is 0 Å². The molecule has 1 aliphatic rings. The molecule has 0 heterocycles. The SMILES string of the molecule is COC(=O)C1CC(N[C@H](C)c2ccccc2)(C(CC(C)C)[N+](=O)[O-])C1. The van der Waals surface area contributed by atoms with Crippen LogP contribution in [0.25, 0.3) is 0 Å². The van der Waals surface area contributed by atoms with Crippen LogP contribution in [0.2, 0.25) is 0 Å². The van der Waals surface area contributed by atoms with Crippen molar-refractivity contribution in [1.82, 2.24) is 5.32 Å². The smallest absolute Gasteiger partial charge is 0.308 e. The molecule has 0 bridgehead atoms. The van der Waals surface area contributed by atoms with Crippen molar-refractivity contribution >= 4 is 5.97 Å². The second-order valence-electron chi connectivity index (χ2n) is 7.49. The van der Waals surface area contributed by atoms with E-state index >= 15 is 0 Å². The number of nitro groups is 1. The Morgan fingerprint density at radius 3 is 2.40 bits per heavy atom. The van der Waals surface area contributed by atoms with Gasteiger partial charge in [-0.05, 0) is 31.2 Å². The molecular weight excluding hydrogens is 320 g/mol. The summed E-state index contributed by atoms with van der Waals surface area (Å²) in [4.78, 5) is 23.4. The Labute approximate surface area is 149 Å². The van der Waals surface area contributed by atoms with Crippen LogP contribution in [0.4, 0.5) is 0 Å². The zero-order chi connectivity index (χ0) is 18.6. The lowest BCUT2D eigenvalue weighted by atomic mass is 9.62. The van der Waals surface area contributed by atoms with E-state index in [-0.39, 0.29) is 28.8 Å². The topological polar surface area (TPSA) is 81.5 Å². The first-order chi connectivity index (χ1) is 11.8. The monoisotopic (exact) mass is 348 g/mol. The zero-order valence-electron chi connectivity index (χ0n) is 15.4. The van der Waals surface area contributed by atoms with Gasteiger partial charge in [-0.3, -0.25) is 20.2 Å². The Bertz CT molecular complexity index is 597. The maximum Gasteiger partial charge on any atom is 0.308 e. The number of carbonyl (C=O) groups excluding carboxylic acids is 1. The third-order valence-electron chi connectivity index (χ3n) is 5.15. The number of hydrogen-bond acceptors (Lipinski definition) is 5. The number of nitrogens with one attached hydrogen (secondary N) is 1. The normalized spacial score (nSPS) is 25.1. The molecular formula is C19H28N2O4. The number of hydrogen-bond donors (Lipinski definition) is 1. The molecule has 1 saturated carbocycles. The molecule has 138 valence electrons. The summed E-state index contributed by atoms with van der Waals surface area (Å²) in [5.74, 6) is -0.343. The van der Waals surface area contributed by atoms with Crippen molar-refractivity contribution < 1.29 is 14.5 Å². The van der Waals surface area contributed by atoms with Crippen LogP contribution in [0, 0.1) is 22.0 Å².